The summed E-state index contributed by atoms with van der Waals surface area (Å²) in [6, 6.07) is 10.8. The highest BCUT2D eigenvalue weighted by Gasteiger charge is 2.19. The molecule has 0 N–H and O–H groups in total. The maximum absolute atomic E-state index is 12.3. The Labute approximate surface area is 199 Å². The van der Waals surface area contributed by atoms with E-state index in [9.17, 15) is 9.59 Å². The number of aromatic nitrogens is 6. The van der Waals surface area contributed by atoms with Crippen LogP contribution in [0.5, 0.6) is 5.75 Å². The van der Waals surface area contributed by atoms with E-state index in [4.69, 9.17) is 27.9 Å². The minimum Gasteiger partial charge on any atom is -0.488 e. The molecule has 9 nitrogen and oxygen atoms in total. The molecule has 33 heavy (non-hydrogen) atoms. The standard InChI is InChI=1S/C22H20Cl2N6O3/c1-12-10-14(19-13(2)20(21(24)31)28(3)25-19)8-9-18(12)33-11-15-16(23)6-5-7-17(15)30-22(32)29(4)26-27-30/h5-10H,11H2,1-4H3. The Balaban J connectivity index is 1.63. The zero-order chi connectivity index (χ0) is 23.9. The fourth-order valence-corrected chi connectivity index (χ4v) is 4.13. The largest absolute Gasteiger partial charge is 0.488 e. The van der Waals surface area contributed by atoms with E-state index in [1.165, 1.54) is 16.4 Å². The second-order valence-electron chi connectivity index (χ2n) is 7.52. The molecule has 2 aromatic carbocycles. The molecule has 0 saturated carbocycles. The summed E-state index contributed by atoms with van der Waals surface area (Å²) < 4.78 is 9.84. The van der Waals surface area contributed by atoms with Crippen LogP contribution in [0.2, 0.25) is 5.02 Å². The van der Waals surface area contributed by atoms with Crippen molar-refractivity contribution in [2.45, 2.75) is 20.5 Å². The van der Waals surface area contributed by atoms with Crippen LogP contribution in [-0.4, -0.2) is 34.8 Å². The molecule has 0 amide bonds. The van der Waals surface area contributed by atoms with Crippen LogP contribution in [0, 0.1) is 13.8 Å². The molecule has 0 fully saturated rings. The van der Waals surface area contributed by atoms with Crippen molar-refractivity contribution in [1.82, 2.24) is 29.6 Å². The van der Waals surface area contributed by atoms with Gasteiger partial charge in [-0.25, -0.2) is 4.79 Å². The van der Waals surface area contributed by atoms with Crippen molar-refractivity contribution < 1.29 is 9.53 Å². The smallest absolute Gasteiger partial charge is 0.368 e. The van der Waals surface area contributed by atoms with Crippen molar-refractivity contribution in [3.8, 4) is 22.7 Å². The van der Waals surface area contributed by atoms with Gasteiger partial charge in [0.1, 0.15) is 18.1 Å². The number of carbonyl (C=O) groups excluding carboxylic acids is 1. The maximum atomic E-state index is 12.3. The quantitative estimate of drug-likeness (QED) is 0.386. The van der Waals surface area contributed by atoms with Gasteiger partial charge in [0.2, 0.25) is 0 Å². The highest BCUT2D eigenvalue weighted by molar-refractivity contribution is 6.67. The van der Waals surface area contributed by atoms with Crippen LogP contribution in [-0.2, 0) is 20.7 Å². The van der Waals surface area contributed by atoms with Gasteiger partial charge in [0.15, 0.2) is 0 Å². The number of carbonyl (C=O) groups is 1. The van der Waals surface area contributed by atoms with E-state index in [1.807, 2.05) is 32.0 Å². The maximum Gasteiger partial charge on any atom is 0.368 e. The van der Waals surface area contributed by atoms with Gasteiger partial charge < -0.3 is 4.74 Å². The van der Waals surface area contributed by atoms with Crippen LogP contribution in [0.4, 0.5) is 0 Å². The van der Waals surface area contributed by atoms with Crippen molar-refractivity contribution in [3.05, 3.63) is 74.3 Å². The second-order valence-corrected chi connectivity index (χ2v) is 8.27. The third-order valence-electron chi connectivity index (χ3n) is 5.33. The number of ether oxygens (including phenoxy) is 1. The molecular weight excluding hydrogens is 467 g/mol. The average Bonchev–Trinajstić information content (AvgIpc) is 3.25. The van der Waals surface area contributed by atoms with Gasteiger partial charge in [0.05, 0.1) is 11.4 Å². The lowest BCUT2D eigenvalue weighted by atomic mass is 10.0. The number of hydrogen-bond donors (Lipinski definition) is 0. The molecule has 0 aliphatic rings. The van der Waals surface area contributed by atoms with Crippen LogP contribution < -0.4 is 10.4 Å². The molecule has 0 atom stereocenters. The number of rotatable bonds is 6. The van der Waals surface area contributed by atoms with Crippen molar-refractivity contribution in [3.63, 3.8) is 0 Å². The molecule has 4 aromatic rings. The Hall–Kier alpha value is -3.43. The molecule has 0 unspecified atom stereocenters. The van der Waals surface area contributed by atoms with E-state index in [2.05, 4.69) is 15.5 Å². The summed E-state index contributed by atoms with van der Waals surface area (Å²) in [5.41, 5.74) is 4.15. The summed E-state index contributed by atoms with van der Waals surface area (Å²) in [6.07, 6.45) is 0. The molecule has 0 aliphatic carbocycles. The third kappa shape index (κ3) is 4.17. The number of benzene rings is 2. The molecule has 0 spiro atoms. The zero-order valence-corrected chi connectivity index (χ0v) is 19.8. The first kappa shape index (κ1) is 22.8. The van der Waals surface area contributed by atoms with Crippen molar-refractivity contribution in [2.24, 2.45) is 14.1 Å². The predicted molar refractivity (Wildman–Crippen MR) is 124 cm³/mol. The van der Waals surface area contributed by atoms with E-state index < -0.39 is 5.24 Å². The van der Waals surface area contributed by atoms with E-state index in [1.54, 1.807) is 25.2 Å². The first-order valence-electron chi connectivity index (χ1n) is 9.93. The topological polar surface area (TPSA) is 96.8 Å². The molecule has 2 aromatic heterocycles. The van der Waals surface area contributed by atoms with E-state index >= 15 is 0 Å². The molecule has 4 rings (SSSR count). The molecule has 0 bridgehead atoms. The highest BCUT2D eigenvalue weighted by Crippen LogP contribution is 2.31. The predicted octanol–water partition coefficient (Wildman–Crippen LogP) is 3.59. The Kier molecular flexibility index (Phi) is 6.09. The molecule has 0 aliphatic heterocycles. The Bertz CT molecular complexity index is 1440. The van der Waals surface area contributed by atoms with Crippen LogP contribution in [0.15, 0.2) is 41.2 Å². The van der Waals surface area contributed by atoms with Gasteiger partial charge in [0.25, 0.3) is 5.24 Å². The van der Waals surface area contributed by atoms with Gasteiger partial charge in [-0.05, 0) is 71.8 Å². The number of hydrogen-bond acceptors (Lipinski definition) is 6. The fourth-order valence-electron chi connectivity index (χ4n) is 3.64. The van der Waals surface area contributed by atoms with Gasteiger partial charge in [0, 0.05) is 35.8 Å². The minimum atomic E-state index is -0.553. The Morgan fingerprint density at radius 1 is 1.09 bits per heavy atom. The van der Waals surface area contributed by atoms with Crippen LogP contribution in [0.25, 0.3) is 16.9 Å². The average molecular weight is 487 g/mol. The summed E-state index contributed by atoms with van der Waals surface area (Å²) in [5, 5.41) is 12.0. The lowest BCUT2D eigenvalue weighted by Gasteiger charge is -2.14. The SMILES string of the molecule is Cc1cc(-c2nn(C)c(C(=O)Cl)c2C)ccc1OCc1c(Cl)cccc1-n1nnn(C)c1=O. The lowest BCUT2D eigenvalue weighted by molar-refractivity contribution is 0.107. The summed E-state index contributed by atoms with van der Waals surface area (Å²) >= 11 is 12.1. The van der Waals surface area contributed by atoms with E-state index in [0.29, 0.717) is 39.0 Å². The molecule has 11 heteroatoms. The van der Waals surface area contributed by atoms with E-state index in [-0.39, 0.29) is 12.3 Å². The fraction of sp³-hybridized carbons (Fsp3) is 0.227. The summed E-state index contributed by atoms with van der Waals surface area (Å²) in [5.74, 6) is 0.637. The molecule has 2 heterocycles. The minimum absolute atomic E-state index is 0.117. The van der Waals surface area contributed by atoms with Gasteiger partial charge in [-0.2, -0.15) is 14.5 Å². The van der Waals surface area contributed by atoms with Crippen molar-refractivity contribution in [2.75, 3.05) is 0 Å². The molecule has 0 radical (unpaired) electrons. The van der Waals surface area contributed by atoms with E-state index in [0.717, 1.165) is 15.8 Å². The summed E-state index contributed by atoms with van der Waals surface area (Å²) in [4.78, 5) is 24.0. The monoisotopic (exact) mass is 486 g/mol. The summed E-state index contributed by atoms with van der Waals surface area (Å²) in [7, 11) is 3.20. The molecule has 0 saturated heterocycles. The molecule has 170 valence electrons. The number of halogens is 2. The molecular formula is C22H20Cl2N6O3. The Morgan fingerprint density at radius 3 is 2.45 bits per heavy atom. The van der Waals surface area contributed by atoms with Gasteiger partial charge >= 0.3 is 5.69 Å². The van der Waals surface area contributed by atoms with Gasteiger partial charge in [-0.15, -0.1) is 0 Å². The van der Waals surface area contributed by atoms with Crippen LogP contribution in [0.3, 0.4) is 0 Å². The zero-order valence-electron chi connectivity index (χ0n) is 18.3. The lowest BCUT2D eigenvalue weighted by Crippen LogP contribution is -2.23. The van der Waals surface area contributed by atoms with Crippen LogP contribution >= 0.6 is 23.2 Å². The van der Waals surface area contributed by atoms with Crippen molar-refractivity contribution >= 4 is 28.4 Å². The van der Waals surface area contributed by atoms with Gasteiger partial charge in [-0.3, -0.25) is 9.48 Å². The third-order valence-corrected chi connectivity index (χ3v) is 5.87. The number of tetrazole rings is 1. The van der Waals surface area contributed by atoms with Crippen LogP contribution in [0.1, 0.15) is 27.2 Å². The second kappa shape index (κ2) is 8.84. The Morgan fingerprint density at radius 2 is 1.85 bits per heavy atom. The first-order chi connectivity index (χ1) is 15.7. The first-order valence-corrected chi connectivity index (χ1v) is 10.7. The summed E-state index contributed by atoms with van der Waals surface area (Å²) in [6.45, 7) is 3.84. The number of aryl methyl sites for hydroxylation is 3. The van der Waals surface area contributed by atoms with Gasteiger partial charge in [-0.1, -0.05) is 17.7 Å². The normalized spacial score (nSPS) is 11.1. The number of nitrogens with zero attached hydrogens (tertiary/aromatic N) is 6. The highest BCUT2D eigenvalue weighted by atomic mass is 35.5. The van der Waals surface area contributed by atoms with Crippen molar-refractivity contribution in [1.29, 1.82) is 0 Å².